The molecule has 9 nitrogen and oxygen atoms in total. The number of rotatable bonds is 10. The Balaban J connectivity index is 2.01. The predicted molar refractivity (Wildman–Crippen MR) is 104 cm³/mol. The van der Waals surface area contributed by atoms with Crippen LogP contribution in [-0.4, -0.2) is 52.9 Å². The average Bonchev–Trinajstić information content (AvgIpc) is 3.48. The minimum atomic E-state index is -0.973. The molecule has 0 unspecified atom stereocenters. The smallest absolute Gasteiger partial charge is 0.329 e. The normalized spacial score (nSPS) is 15.2. The molecule has 0 heterocycles. The van der Waals surface area contributed by atoms with Crippen LogP contribution < -0.4 is 10.6 Å². The van der Waals surface area contributed by atoms with Crippen LogP contribution in [0.1, 0.15) is 36.5 Å². The van der Waals surface area contributed by atoms with Crippen LogP contribution >= 0.6 is 11.8 Å². The molecule has 0 bridgehead atoms. The van der Waals surface area contributed by atoms with Crippen LogP contribution in [0.4, 0.5) is 5.69 Å². The summed E-state index contributed by atoms with van der Waals surface area (Å²) in [6.07, 6.45) is 3.03. The fourth-order valence-corrected chi connectivity index (χ4v) is 2.81. The summed E-state index contributed by atoms with van der Waals surface area (Å²) < 4.78 is 5.22. The van der Waals surface area contributed by atoms with Gasteiger partial charge in [0.15, 0.2) is 6.10 Å². The van der Waals surface area contributed by atoms with Gasteiger partial charge in [0.1, 0.15) is 6.04 Å². The third-order valence-corrected chi connectivity index (χ3v) is 4.75. The first-order valence-corrected chi connectivity index (χ1v) is 10.3. The molecule has 2 N–H and O–H groups in total. The summed E-state index contributed by atoms with van der Waals surface area (Å²) in [5.74, 6) is -1.13. The molecule has 152 valence electrons. The van der Waals surface area contributed by atoms with Crippen molar-refractivity contribution in [1.29, 1.82) is 0 Å². The minimum absolute atomic E-state index is 0.0654. The van der Waals surface area contributed by atoms with Crippen LogP contribution in [-0.2, 0) is 14.3 Å². The van der Waals surface area contributed by atoms with Gasteiger partial charge < -0.3 is 15.4 Å². The van der Waals surface area contributed by atoms with Crippen LogP contribution in [0.15, 0.2) is 24.3 Å². The van der Waals surface area contributed by atoms with Crippen molar-refractivity contribution in [3.63, 3.8) is 0 Å². The number of hydrogen-bond acceptors (Lipinski definition) is 7. The maximum atomic E-state index is 12.5. The number of hydrogen-bond donors (Lipinski definition) is 2. The standard InChI is InChI=1S/C18H23N3O6S/c1-11(16(22)19-13-6-7-13)27-18(24)15(8-9-28-2)20-17(23)12-4-3-5-14(10-12)21(25)26/h3-5,10-11,13,15H,6-9H2,1-2H3,(H,19,22)(H,20,23)/t11-,15-/m1/s1. The molecule has 2 amide bonds. The van der Waals surface area contributed by atoms with Crippen molar-refractivity contribution in [1.82, 2.24) is 10.6 Å². The van der Waals surface area contributed by atoms with Gasteiger partial charge in [-0.05, 0) is 44.3 Å². The molecule has 1 aromatic carbocycles. The topological polar surface area (TPSA) is 128 Å². The van der Waals surface area contributed by atoms with Gasteiger partial charge in [-0.2, -0.15) is 11.8 Å². The van der Waals surface area contributed by atoms with E-state index in [4.69, 9.17) is 4.74 Å². The summed E-state index contributed by atoms with van der Waals surface area (Å²) in [5, 5.41) is 16.2. The van der Waals surface area contributed by atoms with E-state index in [1.54, 1.807) is 0 Å². The van der Waals surface area contributed by atoms with Crippen LogP contribution in [0.25, 0.3) is 0 Å². The zero-order valence-corrected chi connectivity index (χ0v) is 16.5. The Bertz CT molecular complexity index is 753. The van der Waals surface area contributed by atoms with E-state index >= 15 is 0 Å². The number of benzene rings is 1. The number of nitro groups is 1. The highest BCUT2D eigenvalue weighted by molar-refractivity contribution is 7.98. The molecule has 10 heteroatoms. The van der Waals surface area contributed by atoms with E-state index in [2.05, 4.69) is 10.6 Å². The molecule has 2 rings (SSSR count). The van der Waals surface area contributed by atoms with Crippen molar-refractivity contribution >= 4 is 35.2 Å². The highest BCUT2D eigenvalue weighted by atomic mass is 32.2. The third kappa shape index (κ3) is 6.52. The highest BCUT2D eigenvalue weighted by Crippen LogP contribution is 2.19. The van der Waals surface area contributed by atoms with Crippen molar-refractivity contribution < 1.29 is 24.0 Å². The van der Waals surface area contributed by atoms with Gasteiger partial charge in [0.25, 0.3) is 17.5 Å². The lowest BCUT2D eigenvalue weighted by atomic mass is 10.1. The maximum Gasteiger partial charge on any atom is 0.329 e. The van der Waals surface area contributed by atoms with Gasteiger partial charge >= 0.3 is 5.97 Å². The summed E-state index contributed by atoms with van der Waals surface area (Å²) >= 11 is 1.49. The number of nitro benzene ring substituents is 1. The number of ether oxygens (including phenoxy) is 1. The van der Waals surface area contributed by atoms with Crippen molar-refractivity contribution in [3.05, 3.63) is 39.9 Å². The van der Waals surface area contributed by atoms with Crippen LogP contribution in [0.5, 0.6) is 0 Å². The zero-order valence-electron chi connectivity index (χ0n) is 15.7. The SMILES string of the molecule is CSCC[C@@H](NC(=O)c1cccc([N+](=O)[O-])c1)C(=O)O[C@H](C)C(=O)NC1CC1. The number of nitrogens with zero attached hydrogens (tertiary/aromatic N) is 1. The zero-order chi connectivity index (χ0) is 20.7. The van der Waals surface area contributed by atoms with E-state index in [1.165, 1.54) is 36.9 Å². The summed E-state index contributed by atoms with van der Waals surface area (Å²) in [7, 11) is 0. The van der Waals surface area contributed by atoms with Crippen molar-refractivity contribution in [2.75, 3.05) is 12.0 Å². The second-order valence-electron chi connectivity index (χ2n) is 6.48. The number of nitrogens with one attached hydrogen (secondary N) is 2. The Morgan fingerprint density at radius 2 is 2.07 bits per heavy atom. The molecule has 1 aliphatic carbocycles. The summed E-state index contributed by atoms with van der Waals surface area (Å²) in [6.45, 7) is 1.48. The van der Waals surface area contributed by atoms with Crippen molar-refractivity contribution in [2.45, 2.75) is 44.4 Å². The monoisotopic (exact) mass is 409 g/mol. The molecular formula is C18H23N3O6S. The van der Waals surface area contributed by atoms with Crippen LogP contribution in [0.2, 0.25) is 0 Å². The molecular weight excluding hydrogens is 386 g/mol. The van der Waals surface area contributed by atoms with Gasteiger partial charge in [-0.25, -0.2) is 4.79 Å². The molecule has 28 heavy (non-hydrogen) atoms. The summed E-state index contributed by atoms with van der Waals surface area (Å²) in [4.78, 5) is 47.2. The molecule has 1 saturated carbocycles. The van der Waals surface area contributed by atoms with E-state index in [9.17, 15) is 24.5 Å². The fourth-order valence-electron chi connectivity index (χ4n) is 2.34. The Hall–Kier alpha value is -2.62. The maximum absolute atomic E-state index is 12.5. The average molecular weight is 409 g/mol. The molecule has 0 radical (unpaired) electrons. The lowest BCUT2D eigenvalue weighted by Crippen LogP contribution is -2.45. The Morgan fingerprint density at radius 1 is 1.36 bits per heavy atom. The second kappa shape index (κ2) is 10.1. The summed E-state index contributed by atoms with van der Waals surface area (Å²) in [6, 6.07) is 4.41. The number of carbonyl (C=O) groups excluding carboxylic acids is 3. The van der Waals surface area contributed by atoms with Gasteiger partial charge in [0, 0.05) is 23.7 Å². The van der Waals surface area contributed by atoms with Gasteiger partial charge in [-0.3, -0.25) is 19.7 Å². The Labute approximate surface area is 166 Å². The second-order valence-corrected chi connectivity index (χ2v) is 7.46. The first-order chi connectivity index (χ1) is 13.3. The van der Waals surface area contributed by atoms with Gasteiger partial charge in [-0.1, -0.05) is 6.07 Å². The van der Waals surface area contributed by atoms with Gasteiger partial charge in [0.05, 0.1) is 4.92 Å². The first kappa shape index (κ1) is 21.7. The third-order valence-electron chi connectivity index (χ3n) is 4.11. The highest BCUT2D eigenvalue weighted by Gasteiger charge is 2.30. The quantitative estimate of drug-likeness (QED) is 0.342. The number of carbonyl (C=O) groups is 3. The molecule has 0 aromatic heterocycles. The number of non-ortho nitro benzene ring substituents is 1. The number of thioether (sulfide) groups is 1. The lowest BCUT2D eigenvalue weighted by molar-refractivity contribution is -0.384. The molecule has 0 spiro atoms. The van der Waals surface area contributed by atoms with E-state index in [-0.39, 0.29) is 23.2 Å². The number of esters is 1. The van der Waals surface area contributed by atoms with E-state index in [0.717, 1.165) is 18.9 Å². The van der Waals surface area contributed by atoms with Crippen LogP contribution in [0.3, 0.4) is 0 Å². The van der Waals surface area contributed by atoms with E-state index in [0.29, 0.717) is 12.2 Å². The first-order valence-electron chi connectivity index (χ1n) is 8.87. The van der Waals surface area contributed by atoms with Crippen molar-refractivity contribution in [2.24, 2.45) is 0 Å². The molecule has 2 atom stereocenters. The fraction of sp³-hybridized carbons (Fsp3) is 0.500. The van der Waals surface area contributed by atoms with E-state index < -0.39 is 28.9 Å². The molecule has 1 aromatic rings. The minimum Gasteiger partial charge on any atom is -0.451 e. The van der Waals surface area contributed by atoms with Crippen LogP contribution in [0, 0.1) is 10.1 Å². The predicted octanol–water partition coefficient (Wildman–Crippen LogP) is 1.66. The molecule has 1 aliphatic rings. The number of amides is 2. The Morgan fingerprint density at radius 3 is 2.68 bits per heavy atom. The van der Waals surface area contributed by atoms with Gasteiger partial charge in [-0.15, -0.1) is 0 Å². The molecule has 1 fully saturated rings. The Kier molecular flexibility index (Phi) is 7.80. The summed E-state index contributed by atoms with van der Waals surface area (Å²) in [5.41, 5.74) is -0.156. The van der Waals surface area contributed by atoms with Crippen molar-refractivity contribution in [3.8, 4) is 0 Å². The largest absolute Gasteiger partial charge is 0.451 e. The lowest BCUT2D eigenvalue weighted by Gasteiger charge is -2.20. The van der Waals surface area contributed by atoms with Gasteiger partial charge in [0.2, 0.25) is 0 Å². The molecule has 0 saturated heterocycles. The molecule has 0 aliphatic heterocycles. The van der Waals surface area contributed by atoms with E-state index in [1.807, 2.05) is 6.26 Å².